The summed E-state index contributed by atoms with van der Waals surface area (Å²) in [5, 5.41) is 0. The average molecular weight is 297 g/mol. The summed E-state index contributed by atoms with van der Waals surface area (Å²) in [5.41, 5.74) is 6.64. The van der Waals surface area contributed by atoms with Crippen molar-refractivity contribution in [3.63, 3.8) is 0 Å². The number of benzene rings is 1. The summed E-state index contributed by atoms with van der Waals surface area (Å²) < 4.78 is 11.5. The second-order valence-corrected chi connectivity index (χ2v) is 5.79. The Morgan fingerprint density at radius 2 is 2.37 bits per heavy atom. The summed E-state index contributed by atoms with van der Waals surface area (Å²) in [7, 11) is 0. The minimum absolute atomic E-state index is 0.186. The van der Waals surface area contributed by atoms with Crippen LogP contribution in [0.1, 0.15) is 24.8 Å². The van der Waals surface area contributed by atoms with Crippen LogP contribution in [0.5, 0.6) is 5.75 Å². The van der Waals surface area contributed by atoms with Crippen LogP contribution in [-0.4, -0.2) is 30.6 Å². The maximum Gasteiger partial charge on any atom is 0.130 e. The average Bonchev–Trinajstić information content (AvgIpc) is 2.45. The fourth-order valence-corrected chi connectivity index (χ4v) is 3.07. The van der Waals surface area contributed by atoms with Gasteiger partial charge in [0.05, 0.1) is 11.7 Å². The third kappa shape index (κ3) is 3.84. The van der Waals surface area contributed by atoms with Gasteiger partial charge in [-0.05, 0) is 37.7 Å². The Balaban J connectivity index is 2.08. The molecule has 1 aliphatic rings. The number of ether oxygens (including phenoxy) is 2. The van der Waals surface area contributed by atoms with Crippen LogP contribution in [0, 0.1) is 0 Å². The standard InChI is InChI=1S/C14H19NO2S2/c1-19-12-7-4-6-11(13(12)14(15)18)17-9-10-5-2-3-8-16-10/h4,6-7,10H,2-3,5,8-9H2,1H3,(H2,15,18). The highest BCUT2D eigenvalue weighted by Gasteiger charge is 2.17. The van der Waals surface area contributed by atoms with Crippen molar-refractivity contribution in [1.29, 1.82) is 0 Å². The van der Waals surface area contributed by atoms with Crippen LogP contribution in [0.25, 0.3) is 0 Å². The Labute approximate surface area is 123 Å². The van der Waals surface area contributed by atoms with E-state index in [-0.39, 0.29) is 6.10 Å². The van der Waals surface area contributed by atoms with Crippen molar-refractivity contribution < 1.29 is 9.47 Å². The highest BCUT2D eigenvalue weighted by molar-refractivity contribution is 7.98. The first-order chi connectivity index (χ1) is 9.22. The Hall–Kier alpha value is -0.780. The predicted molar refractivity (Wildman–Crippen MR) is 83.2 cm³/mol. The van der Waals surface area contributed by atoms with Crippen molar-refractivity contribution in [1.82, 2.24) is 0 Å². The smallest absolute Gasteiger partial charge is 0.130 e. The summed E-state index contributed by atoms with van der Waals surface area (Å²) in [6.07, 6.45) is 5.61. The van der Waals surface area contributed by atoms with Gasteiger partial charge < -0.3 is 15.2 Å². The molecule has 5 heteroatoms. The van der Waals surface area contributed by atoms with Crippen LogP contribution in [0.3, 0.4) is 0 Å². The molecular weight excluding hydrogens is 278 g/mol. The molecule has 1 aliphatic heterocycles. The summed E-state index contributed by atoms with van der Waals surface area (Å²) in [5.74, 6) is 0.758. The predicted octanol–water partition coefficient (Wildman–Crippen LogP) is 2.99. The molecule has 0 saturated carbocycles. The molecule has 1 aromatic rings. The maximum atomic E-state index is 5.87. The largest absolute Gasteiger partial charge is 0.490 e. The van der Waals surface area contributed by atoms with Gasteiger partial charge in [0.15, 0.2) is 0 Å². The molecule has 1 saturated heterocycles. The van der Waals surface area contributed by atoms with Crippen molar-refractivity contribution in [2.75, 3.05) is 19.5 Å². The van der Waals surface area contributed by atoms with E-state index in [1.54, 1.807) is 11.8 Å². The Morgan fingerprint density at radius 1 is 1.53 bits per heavy atom. The van der Waals surface area contributed by atoms with Gasteiger partial charge in [-0.25, -0.2) is 0 Å². The second kappa shape index (κ2) is 7.12. The van der Waals surface area contributed by atoms with E-state index in [1.807, 2.05) is 24.5 Å². The molecule has 104 valence electrons. The van der Waals surface area contributed by atoms with Crippen LogP contribution in [-0.2, 0) is 4.74 Å². The van der Waals surface area contributed by atoms with Gasteiger partial charge in [0, 0.05) is 11.5 Å². The van der Waals surface area contributed by atoms with Gasteiger partial charge in [-0.1, -0.05) is 18.3 Å². The molecule has 0 aliphatic carbocycles. The third-order valence-corrected chi connectivity index (χ3v) is 4.14. The van der Waals surface area contributed by atoms with Gasteiger partial charge in [0.25, 0.3) is 0 Å². The van der Waals surface area contributed by atoms with E-state index >= 15 is 0 Å². The first-order valence-electron chi connectivity index (χ1n) is 6.43. The van der Waals surface area contributed by atoms with Gasteiger partial charge in [-0.15, -0.1) is 11.8 Å². The summed E-state index contributed by atoms with van der Waals surface area (Å²) in [6.45, 7) is 1.40. The van der Waals surface area contributed by atoms with E-state index in [1.165, 1.54) is 6.42 Å². The molecule has 0 bridgehead atoms. The van der Waals surface area contributed by atoms with Gasteiger partial charge in [-0.2, -0.15) is 0 Å². The van der Waals surface area contributed by atoms with Crippen molar-refractivity contribution in [2.24, 2.45) is 5.73 Å². The lowest BCUT2D eigenvalue weighted by atomic mass is 10.1. The van der Waals surface area contributed by atoms with E-state index < -0.39 is 0 Å². The molecular formula is C14H19NO2S2. The molecule has 1 heterocycles. The fraction of sp³-hybridized carbons (Fsp3) is 0.500. The van der Waals surface area contributed by atoms with Gasteiger partial charge in [0.2, 0.25) is 0 Å². The SMILES string of the molecule is CSc1cccc(OCC2CCCCO2)c1C(N)=S. The number of thioether (sulfide) groups is 1. The topological polar surface area (TPSA) is 44.5 Å². The summed E-state index contributed by atoms with van der Waals surface area (Å²) >= 11 is 6.75. The molecule has 1 atom stereocenters. The second-order valence-electron chi connectivity index (χ2n) is 4.50. The quantitative estimate of drug-likeness (QED) is 0.668. The van der Waals surface area contributed by atoms with Gasteiger partial charge in [-0.3, -0.25) is 0 Å². The Morgan fingerprint density at radius 3 is 3.00 bits per heavy atom. The van der Waals surface area contributed by atoms with Crippen LogP contribution in [0.15, 0.2) is 23.1 Å². The maximum absolute atomic E-state index is 5.87. The summed E-state index contributed by atoms with van der Waals surface area (Å²) in [6, 6.07) is 5.88. The first kappa shape index (κ1) is 14.6. The van der Waals surface area contributed by atoms with Gasteiger partial charge in [0.1, 0.15) is 17.3 Å². The van der Waals surface area contributed by atoms with E-state index in [9.17, 15) is 0 Å². The van der Waals surface area contributed by atoms with Crippen LogP contribution in [0.2, 0.25) is 0 Å². The molecule has 0 amide bonds. The first-order valence-corrected chi connectivity index (χ1v) is 8.07. The fourth-order valence-electron chi connectivity index (χ4n) is 2.17. The number of thiocarbonyl (C=S) groups is 1. The number of hydrogen-bond acceptors (Lipinski definition) is 4. The summed E-state index contributed by atoms with van der Waals surface area (Å²) in [4.78, 5) is 1.43. The lowest BCUT2D eigenvalue weighted by Crippen LogP contribution is -2.26. The zero-order chi connectivity index (χ0) is 13.7. The third-order valence-electron chi connectivity index (χ3n) is 3.15. The van der Waals surface area contributed by atoms with Crippen molar-refractivity contribution in [3.05, 3.63) is 23.8 Å². The van der Waals surface area contributed by atoms with E-state index in [0.717, 1.165) is 35.7 Å². The zero-order valence-electron chi connectivity index (χ0n) is 11.1. The molecule has 2 N–H and O–H groups in total. The molecule has 0 aromatic heterocycles. The van der Waals surface area contributed by atoms with Gasteiger partial charge >= 0.3 is 0 Å². The van der Waals surface area contributed by atoms with Crippen molar-refractivity contribution >= 4 is 29.0 Å². The molecule has 1 fully saturated rings. The molecule has 1 aromatic carbocycles. The lowest BCUT2D eigenvalue weighted by Gasteiger charge is -2.23. The number of nitrogens with two attached hydrogens (primary N) is 1. The molecule has 2 rings (SSSR count). The highest BCUT2D eigenvalue weighted by Crippen LogP contribution is 2.29. The van der Waals surface area contributed by atoms with Crippen LogP contribution >= 0.6 is 24.0 Å². The van der Waals surface area contributed by atoms with E-state index in [4.69, 9.17) is 27.4 Å². The monoisotopic (exact) mass is 297 g/mol. The minimum Gasteiger partial charge on any atom is -0.490 e. The Bertz CT molecular complexity index is 445. The molecule has 1 unspecified atom stereocenters. The molecule has 3 nitrogen and oxygen atoms in total. The lowest BCUT2D eigenvalue weighted by molar-refractivity contribution is -0.0111. The number of hydrogen-bond donors (Lipinski definition) is 1. The Kier molecular flexibility index (Phi) is 5.48. The highest BCUT2D eigenvalue weighted by atomic mass is 32.2. The minimum atomic E-state index is 0.186. The van der Waals surface area contributed by atoms with Crippen molar-refractivity contribution in [2.45, 2.75) is 30.3 Å². The van der Waals surface area contributed by atoms with Crippen molar-refractivity contribution in [3.8, 4) is 5.75 Å². The molecule has 19 heavy (non-hydrogen) atoms. The molecule has 0 spiro atoms. The normalized spacial score (nSPS) is 19.1. The number of rotatable bonds is 5. The molecule has 0 radical (unpaired) electrons. The van der Waals surface area contributed by atoms with Crippen LogP contribution < -0.4 is 10.5 Å². The van der Waals surface area contributed by atoms with E-state index in [0.29, 0.717) is 11.6 Å². The van der Waals surface area contributed by atoms with Crippen LogP contribution in [0.4, 0.5) is 0 Å². The zero-order valence-corrected chi connectivity index (χ0v) is 12.7. The van der Waals surface area contributed by atoms with E-state index in [2.05, 4.69) is 0 Å².